The van der Waals surface area contributed by atoms with Gasteiger partial charge in [-0.15, -0.1) is 0 Å². The van der Waals surface area contributed by atoms with Crippen LogP contribution < -0.4 is 5.32 Å². The number of nitrogens with one attached hydrogen (secondary N) is 1. The number of nitro groups is 1. The van der Waals surface area contributed by atoms with Crippen molar-refractivity contribution in [1.82, 2.24) is 5.32 Å². The predicted octanol–water partition coefficient (Wildman–Crippen LogP) is 2.05. The number of rotatable bonds is 7. The number of hydrogen-bond donors (Lipinski definition) is 1. The zero-order chi connectivity index (χ0) is 20.4. The molecule has 0 spiro atoms. The normalized spacial score (nSPS) is 21.5. The van der Waals surface area contributed by atoms with E-state index in [2.05, 4.69) is 5.32 Å². The monoisotopic (exact) mass is 376 g/mol. The van der Waals surface area contributed by atoms with Gasteiger partial charge in [0.25, 0.3) is 5.69 Å². The standard InChI is InChI=1S/C19H24N2O6/c1-11(22)14-10-15(19(14,2)3)17(23)20-16(18(24)27-4)9-12-5-7-13(8-6-12)21(25)26/h5-8,14-16H,9-10H2,1-4H3,(H,20,23)/t14?,15?,16-/m0/s1. The molecule has 0 radical (unpaired) electrons. The number of carbonyl (C=O) groups is 3. The topological polar surface area (TPSA) is 116 Å². The molecule has 1 aliphatic rings. The summed E-state index contributed by atoms with van der Waals surface area (Å²) in [5.74, 6) is -1.37. The fourth-order valence-electron chi connectivity index (χ4n) is 3.66. The highest BCUT2D eigenvalue weighted by Crippen LogP contribution is 2.51. The molecular weight excluding hydrogens is 352 g/mol. The third kappa shape index (κ3) is 4.32. The molecule has 0 saturated heterocycles. The number of hydrogen-bond acceptors (Lipinski definition) is 6. The van der Waals surface area contributed by atoms with Crippen LogP contribution in [0.1, 0.15) is 32.8 Å². The van der Waals surface area contributed by atoms with E-state index < -0.39 is 22.3 Å². The van der Waals surface area contributed by atoms with Crippen LogP contribution in [0.15, 0.2) is 24.3 Å². The number of Topliss-reactive ketones (excluding diaryl/α,β-unsaturated/α-hetero) is 1. The maximum atomic E-state index is 12.7. The van der Waals surface area contributed by atoms with Crippen molar-refractivity contribution in [3.63, 3.8) is 0 Å². The summed E-state index contributed by atoms with van der Waals surface area (Å²) in [6, 6.07) is 4.87. The number of methoxy groups -OCH3 is 1. The number of ether oxygens (including phenoxy) is 1. The van der Waals surface area contributed by atoms with Crippen molar-refractivity contribution >= 4 is 23.3 Å². The van der Waals surface area contributed by atoms with E-state index in [0.29, 0.717) is 12.0 Å². The Balaban J connectivity index is 2.09. The van der Waals surface area contributed by atoms with E-state index in [-0.39, 0.29) is 35.6 Å². The van der Waals surface area contributed by atoms with Crippen molar-refractivity contribution in [2.45, 2.75) is 39.7 Å². The third-order valence-corrected chi connectivity index (χ3v) is 5.46. The molecule has 2 rings (SSSR count). The summed E-state index contributed by atoms with van der Waals surface area (Å²) in [4.78, 5) is 46.6. The first kappa shape index (κ1) is 20.5. The molecule has 0 aromatic heterocycles. The molecule has 0 bridgehead atoms. The van der Waals surface area contributed by atoms with Gasteiger partial charge < -0.3 is 10.1 Å². The average molecular weight is 376 g/mol. The molecule has 3 atom stereocenters. The Labute approximate surface area is 157 Å². The average Bonchev–Trinajstić information content (AvgIpc) is 2.59. The lowest BCUT2D eigenvalue weighted by atomic mass is 9.53. The van der Waals surface area contributed by atoms with E-state index in [1.54, 1.807) is 12.1 Å². The summed E-state index contributed by atoms with van der Waals surface area (Å²) in [5, 5.41) is 13.4. The number of amides is 1. The number of non-ortho nitro benzene ring substituents is 1. The lowest BCUT2D eigenvalue weighted by Crippen LogP contribution is -2.57. The zero-order valence-electron chi connectivity index (χ0n) is 15.9. The Bertz CT molecular complexity index is 756. The largest absolute Gasteiger partial charge is 0.467 e. The first-order valence-electron chi connectivity index (χ1n) is 8.70. The van der Waals surface area contributed by atoms with E-state index in [9.17, 15) is 24.5 Å². The van der Waals surface area contributed by atoms with Crippen molar-refractivity contribution in [2.24, 2.45) is 17.3 Å². The predicted molar refractivity (Wildman–Crippen MR) is 96.8 cm³/mol. The summed E-state index contributed by atoms with van der Waals surface area (Å²) >= 11 is 0. The fraction of sp³-hybridized carbons (Fsp3) is 0.526. The molecule has 0 heterocycles. The first-order chi connectivity index (χ1) is 12.6. The molecule has 1 N–H and O–H groups in total. The van der Waals surface area contributed by atoms with Crippen molar-refractivity contribution < 1.29 is 24.0 Å². The summed E-state index contributed by atoms with van der Waals surface area (Å²) in [6.45, 7) is 5.26. The van der Waals surface area contributed by atoms with Gasteiger partial charge in [0.05, 0.1) is 12.0 Å². The molecule has 8 nitrogen and oxygen atoms in total. The Morgan fingerprint density at radius 2 is 1.85 bits per heavy atom. The molecular formula is C19H24N2O6. The number of ketones is 1. The Morgan fingerprint density at radius 1 is 1.26 bits per heavy atom. The SMILES string of the molecule is COC(=O)[C@H](Cc1ccc([N+](=O)[O-])cc1)NC(=O)C1CC(C(C)=O)C1(C)C. The molecule has 1 aromatic rings. The van der Waals surface area contributed by atoms with Gasteiger partial charge in [0.15, 0.2) is 0 Å². The Morgan fingerprint density at radius 3 is 2.30 bits per heavy atom. The molecule has 1 aliphatic carbocycles. The van der Waals surface area contributed by atoms with Gasteiger partial charge in [-0.25, -0.2) is 4.79 Å². The quantitative estimate of drug-likeness (QED) is 0.442. The van der Waals surface area contributed by atoms with Crippen LogP contribution >= 0.6 is 0 Å². The van der Waals surface area contributed by atoms with Gasteiger partial charge in [-0.2, -0.15) is 0 Å². The minimum atomic E-state index is -0.906. The highest BCUT2D eigenvalue weighted by molar-refractivity contribution is 5.90. The number of carbonyl (C=O) groups excluding carboxylic acids is 3. The van der Waals surface area contributed by atoms with Crippen LogP contribution in [0.5, 0.6) is 0 Å². The van der Waals surface area contributed by atoms with Gasteiger partial charge in [-0.1, -0.05) is 26.0 Å². The Kier molecular flexibility index (Phi) is 5.98. The van der Waals surface area contributed by atoms with Gasteiger partial charge in [0, 0.05) is 30.4 Å². The maximum Gasteiger partial charge on any atom is 0.328 e. The molecule has 27 heavy (non-hydrogen) atoms. The van der Waals surface area contributed by atoms with Crippen LogP contribution in [-0.4, -0.2) is 35.7 Å². The molecule has 146 valence electrons. The smallest absolute Gasteiger partial charge is 0.328 e. The van der Waals surface area contributed by atoms with Crippen molar-refractivity contribution in [1.29, 1.82) is 0 Å². The second kappa shape index (κ2) is 7.85. The van der Waals surface area contributed by atoms with E-state index in [4.69, 9.17) is 4.74 Å². The second-order valence-corrected chi connectivity index (χ2v) is 7.48. The molecule has 1 saturated carbocycles. The van der Waals surface area contributed by atoms with E-state index >= 15 is 0 Å². The molecule has 2 unspecified atom stereocenters. The van der Waals surface area contributed by atoms with Gasteiger partial charge >= 0.3 is 5.97 Å². The van der Waals surface area contributed by atoms with Crippen molar-refractivity contribution in [3.8, 4) is 0 Å². The fourth-order valence-corrected chi connectivity index (χ4v) is 3.66. The van der Waals surface area contributed by atoms with Gasteiger partial charge in [-0.3, -0.25) is 19.7 Å². The summed E-state index contributed by atoms with van der Waals surface area (Å²) < 4.78 is 4.77. The van der Waals surface area contributed by atoms with E-state index in [0.717, 1.165) is 0 Å². The minimum Gasteiger partial charge on any atom is -0.467 e. The maximum absolute atomic E-state index is 12.7. The summed E-state index contributed by atoms with van der Waals surface area (Å²) in [5.41, 5.74) is 0.138. The number of nitrogens with zero attached hydrogens (tertiary/aromatic N) is 1. The third-order valence-electron chi connectivity index (χ3n) is 5.46. The highest BCUT2D eigenvalue weighted by atomic mass is 16.6. The highest BCUT2D eigenvalue weighted by Gasteiger charge is 2.53. The van der Waals surface area contributed by atoms with Gasteiger partial charge in [0.2, 0.25) is 5.91 Å². The lowest BCUT2D eigenvalue weighted by Gasteiger charge is -2.50. The van der Waals surface area contributed by atoms with E-state index in [1.807, 2.05) is 13.8 Å². The van der Waals surface area contributed by atoms with Crippen molar-refractivity contribution in [2.75, 3.05) is 7.11 Å². The van der Waals surface area contributed by atoms with Crippen molar-refractivity contribution in [3.05, 3.63) is 39.9 Å². The van der Waals surface area contributed by atoms with Crippen LogP contribution in [0.4, 0.5) is 5.69 Å². The lowest BCUT2D eigenvalue weighted by molar-refractivity contribution is -0.384. The van der Waals surface area contributed by atoms with Crippen LogP contribution in [-0.2, 0) is 25.5 Å². The van der Waals surface area contributed by atoms with Crippen LogP contribution in [0.25, 0.3) is 0 Å². The van der Waals surface area contributed by atoms with Gasteiger partial charge in [-0.05, 0) is 24.3 Å². The van der Waals surface area contributed by atoms with Crippen LogP contribution in [0.2, 0.25) is 0 Å². The molecule has 0 aliphatic heterocycles. The molecule has 1 fully saturated rings. The van der Waals surface area contributed by atoms with Crippen LogP contribution in [0, 0.1) is 27.4 Å². The van der Waals surface area contributed by atoms with Gasteiger partial charge in [0.1, 0.15) is 11.8 Å². The molecule has 8 heteroatoms. The summed E-state index contributed by atoms with van der Waals surface area (Å²) in [7, 11) is 1.23. The molecule has 1 aromatic carbocycles. The number of nitro benzene ring substituents is 1. The van der Waals surface area contributed by atoms with Crippen LogP contribution in [0.3, 0.4) is 0 Å². The zero-order valence-corrected chi connectivity index (χ0v) is 15.9. The minimum absolute atomic E-state index is 0.0519. The van der Waals surface area contributed by atoms with E-state index in [1.165, 1.54) is 26.2 Å². The second-order valence-electron chi connectivity index (χ2n) is 7.48. The number of benzene rings is 1. The summed E-state index contributed by atoms with van der Waals surface area (Å²) in [6.07, 6.45) is 0.610. The Hall–Kier alpha value is -2.77. The molecule has 1 amide bonds. The number of esters is 1. The first-order valence-corrected chi connectivity index (χ1v) is 8.70.